The lowest BCUT2D eigenvalue weighted by atomic mass is 9.75. The van der Waals surface area contributed by atoms with Crippen LogP contribution in [0, 0.1) is 5.41 Å². The van der Waals surface area contributed by atoms with Gasteiger partial charge in [0.15, 0.2) is 0 Å². The minimum atomic E-state index is -0.521. The summed E-state index contributed by atoms with van der Waals surface area (Å²) in [5, 5.41) is 3.37. The summed E-state index contributed by atoms with van der Waals surface area (Å²) < 4.78 is 0. The Morgan fingerprint density at radius 1 is 1.42 bits per heavy atom. The third-order valence-electron chi connectivity index (χ3n) is 3.89. The molecule has 0 radical (unpaired) electrons. The van der Waals surface area contributed by atoms with Crippen LogP contribution in [0.2, 0.25) is 0 Å². The van der Waals surface area contributed by atoms with Gasteiger partial charge in [0.2, 0.25) is 0 Å². The van der Waals surface area contributed by atoms with Crippen molar-refractivity contribution in [3.8, 4) is 0 Å². The predicted molar refractivity (Wildman–Crippen MR) is 76.8 cm³/mol. The summed E-state index contributed by atoms with van der Waals surface area (Å²) in [6, 6.07) is 2.04. The number of anilines is 2. The fourth-order valence-corrected chi connectivity index (χ4v) is 2.51. The monoisotopic (exact) mass is 262 g/mol. The summed E-state index contributed by atoms with van der Waals surface area (Å²) in [6.45, 7) is 4.60. The van der Waals surface area contributed by atoms with Crippen LogP contribution in [-0.4, -0.2) is 16.9 Å². The van der Waals surface area contributed by atoms with E-state index < -0.39 is 5.91 Å². The lowest BCUT2D eigenvalue weighted by Gasteiger charge is -2.34. The minimum Gasteiger partial charge on any atom is -0.397 e. The molecule has 0 unspecified atom stereocenters. The highest BCUT2D eigenvalue weighted by Gasteiger charge is 2.26. The average Bonchev–Trinajstić information content (AvgIpc) is 2.34. The number of carbonyl (C=O) groups excluding carboxylic acids is 1. The van der Waals surface area contributed by atoms with Crippen molar-refractivity contribution in [1.29, 1.82) is 0 Å². The van der Waals surface area contributed by atoms with E-state index >= 15 is 0 Å². The zero-order chi connectivity index (χ0) is 14.0. The molecule has 0 aromatic carbocycles. The van der Waals surface area contributed by atoms with Gasteiger partial charge in [0.05, 0.1) is 17.4 Å². The summed E-state index contributed by atoms with van der Waals surface area (Å²) in [7, 11) is 0. The van der Waals surface area contributed by atoms with E-state index in [2.05, 4.69) is 24.1 Å². The molecule has 0 atom stereocenters. The normalized spacial score (nSPS) is 19.1. The molecular formula is C14H22N4O. The predicted octanol–water partition coefficient (Wildman–Crippen LogP) is 2.14. The largest absolute Gasteiger partial charge is 0.397 e. The Labute approximate surface area is 113 Å². The molecule has 0 spiro atoms. The van der Waals surface area contributed by atoms with Crippen molar-refractivity contribution in [2.75, 3.05) is 11.1 Å². The standard InChI is InChI=1S/C14H22N4O/c1-14(2)5-3-9(4-6-14)18-12-7-10(13(16)19)11(15)8-17-12/h7-9H,3-6,15H2,1-2H3,(H2,16,19)(H,17,18). The molecule has 5 nitrogen and oxygen atoms in total. The van der Waals surface area contributed by atoms with Crippen LogP contribution in [0.5, 0.6) is 0 Å². The Balaban J connectivity index is 2.04. The van der Waals surface area contributed by atoms with Gasteiger partial charge < -0.3 is 16.8 Å². The van der Waals surface area contributed by atoms with Crippen molar-refractivity contribution in [3.63, 3.8) is 0 Å². The number of nitrogens with two attached hydrogens (primary N) is 2. The van der Waals surface area contributed by atoms with Crippen LogP contribution < -0.4 is 16.8 Å². The number of pyridine rings is 1. The first-order chi connectivity index (χ1) is 8.87. The first-order valence-electron chi connectivity index (χ1n) is 6.69. The van der Waals surface area contributed by atoms with Crippen LogP contribution in [-0.2, 0) is 0 Å². The smallest absolute Gasteiger partial charge is 0.250 e. The summed E-state index contributed by atoms with van der Waals surface area (Å²) in [5.41, 5.74) is 12.0. The second-order valence-corrected chi connectivity index (χ2v) is 6.10. The SMILES string of the molecule is CC1(C)CCC(Nc2cc(C(N)=O)c(N)cn2)CC1. The quantitative estimate of drug-likeness (QED) is 0.778. The lowest BCUT2D eigenvalue weighted by molar-refractivity contribution is 0.100. The molecule has 1 aliphatic rings. The fourth-order valence-electron chi connectivity index (χ4n) is 2.51. The molecule has 2 rings (SSSR count). The van der Waals surface area contributed by atoms with E-state index in [9.17, 15) is 4.79 Å². The summed E-state index contributed by atoms with van der Waals surface area (Å²) in [4.78, 5) is 15.4. The third-order valence-corrected chi connectivity index (χ3v) is 3.89. The molecule has 1 aromatic heterocycles. The lowest BCUT2D eigenvalue weighted by Crippen LogP contribution is -2.30. The summed E-state index contributed by atoms with van der Waals surface area (Å²) in [5.74, 6) is 0.153. The van der Waals surface area contributed by atoms with Crippen LogP contribution >= 0.6 is 0 Å². The molecule has 1 amide bonds. The number of primary amides is 1. The topological polar surface area (TPSA) is 94.0 Å². The van der Waals surface area contributed by atoms with Crippen LogP contribution in [0.4, 0.5) is 11.5 Å². The number of hydrogen-bond acceptors (Lipinski definition) is 4. The highest BCUT2D eigenvalue weighted by molar-refractivity contribution is 5.98. The number of amides is 1. The van der Waals surface area contributed by atoms with Gasteiger partial charge >= 0.3 is 0 Å². The second-order valence-electron chi connectivity index (χ2n) is 6.10. The highest BCUT2D eigenvalue weighted by atomic mass is 16.1. The van der Waals surface area contributed by atoms with Crippen LogP contribution in [0.25, 0.3) is 0 Å². The number of carbonyl (C=O) groups is 1. The van der Waals surface area contributed by atoms with Crippen LogP contribution in [0.3, 0.4) is 0 Å². The molecule has 1 aliphatic carbocycles. The number of nitrogen functional groups attached to an aromatic ring is 1. The molecule has 1 heterocycles. The molecule has 1 saturated carbocycles. The number of nitrogens with one attached hydrogen (secondary N) is 1. The van der Waals surface area contributed by atoms with E-state index in [-0.39, 0.29) is 0 Å². The van der Waals surface area contributed by atoms with Gasteiger partial charge in [-0.15, -0.1) is 0 Å². The highest BCUT2D eigenvalue weighted by Crippen LogP contribution is 2.36. The molecule has 0 aliphatic heterocycles. The maximum atomic E-state index is 11.2. The van der Waals surface area contributed by atoms with Crippen molar-refractivity contribution in [2.45, 2.75) is 45.6 Å². The minimum absolute atomic E-state index is 0.322. The number of aromatic nitrogens is 1. The molecule has 5 heteroatoms. The van der Waals surface area contributed by atoms with Crippen molar-refractivity contribution >= 4 is 17.4 Å². The zero-order valence-corrected chi connectivity index (χ0v) is 11.6. The Morgan fingerprint density at radius 3 is 2.63 bits per heavy atom. The van der Waals surface area contributed by atoms with Gasteiger partial charge in [-0.2, -0.15) is 0 Å². The van der Waals surface area contributed by atoms with E-state index in [0.717, 1.165) is 12.8 Å². The molecular weight excluding hydrogens is 240 g/mol. The Hall–Kier alpha value is -1.78. The maximum Gasteiger partial charge on any atom is 0.250 e. The van der Waals surface area contributed by atoms with Crippen molar-refractivity contribution in [3.05, 3.63) is 17.8 Å². The maximum absolute atomic E-state index is 11.2. The molecule has 5 N–H and O–H groups in total. The Bertz CT molecular complexity index is 474. The summed E-state index contributed by atoms with van der Waals surface area (Å²) in [6.07, 6.45) is 6.11. The van der Waals surface area contributed by atoms with E-state index in [1.807, 2.05) is 0 Å². The Kier molecular flexibility index (Phi) is 3.64. The van der Waals surface area contributed by atoms with E-state index in [1.54, 1.807) is 6.07 Å². The molecule has 1 fully saturated rings. The van der Waals surface area contributed by atoms with E-state index in [0.29, 0.717) is 28.5 Å². The van der Waals surface area contributed by atoms with Gasteiger partial charge in [0.25, 0.3) is 5.91 Å². The van der Waals surface area contributed by atoms with Crippen LogP contribution in [0.15, 0.2) is 12.3 Å². The number of nitrogens with zero attached hydrogens (tertiary/aromatic N) is 1. The van der Waals surface area contributed by atoms with Gasteiger partial charge in [-0.1, -0.05) is 13.8 Å². The number of hydrogen-bond donors (Lipinski definition) is 3. The first kappa shape index (κ1) is 13.6. The molecule has 1 aromatic rings. The summed E-state index contributed by atoms with van der Waals surface area (Å²) >= 11 is 0. The van der Waals surface area contributed by atoms with Gasteiger partial charge in [0.1, 0.15) is 5.82 Å². The van der Waals surface area contributed by atoms with Crippen molar-refractivity contribution in [2.24, 2.45) is 11.1 Å². The zero-order valence-electron chi connectivity index (χ0n) is 11.6. The molecule has 0 saturated heterocycles. The van der Waals surface area contributed by atoms with Gasteiger partial charge in [-0.3, -0.25) is 4.79 Å². The third kappa shape index (κ3) is 3.36. The first-order valence-corrected chi connectivity index (χ1v) is 6.69. The van der Waals surface area contributed by atoms with Crippen molar-refractivity contribution in [1.82, 2.24) is 4.98 Å². The molecule has 0 bridgehead atoms. The van der Waals surface area contributed by atoms with Gasteiger partial charge in [0, 0.05) is 6.04 Å². The van der Waals surface area contributed by atoms with E-state index in [4.69, 9.17) is 11.5 Å². The van der Waals surface area contributed by atoms with Crippen LogP contribution in [0.1, 0.15) is 49.9 Å². The number of rotatable bonds is 3. The molecule has 19 heavy (non-hydrogen) atoms. The van der Waals surface area contributed by atoms with E-state index in [1.165, 1.54) is 19.0 Å². The average molecular weight is 262 g/mol. The Morgan fingerprint density at radius 2 is 2.05 bits per heavy atom. The van der Waals surface area contributed by atoms with Crippen molar-refractivity contribution < 1.29 is 4.79 Å². The fraction of sp³-hybridized carbons (Fsp3) is 0.571. The van der Waals surface area contributed by atoms with Gasteiger partial charge in [-0.25, -0.2) is 4.98 Å². The van der Waals surface area contributed by atoms with Gasteiger partial charge in [-0.05, 0) is 37.2 Å². The second kappa shape index (κ2) is 5.07. The molecule has 104 valence electrons.